The van der Waals surface area contributed by atoms with Crippen molar-refractivity contribution in [1.29, 1.82) is 0 Å². The molecular formula is C41H57N3O9. The van der Waals surface area contributed by atoms with Gasteiger partial charge in [0.25, 0.3) is 17.7 Å². The van der Waals surface area contributed by atoms with Crippen molar-refractivity contribution in [1.82, 2.24) is 15.1 Å². The average molecular weight is 736 g/mol. The quantitative estimate of drug-likeness (QED) is 0.293. The van der Waals surface area contributed by atoms with E-state index in [4.69, 9.17) is 14.2 Å². The standard InChI is InChI=1S/C41H57N3O9/c1-24(2)21-30-39(48)52-34(26(5)6)37(46)44(10)32(23-29-19-15-12-16-20-29)41(50)53-35(27(7)8)38(47)43(9)31(22-28-17-13-11-14-18-28)40(49)51-33(25(3)4)36(45)42-30/h11-20,24-27,30-35H,21-23H2,1-10H3,(H,42,45). The molecule has 3 amide bonds. The summed E-state index contributed by atoms with van der Waals surface area (Å²) in [5.74, 6) is -6.20. The maximum absolute atomic E-state index is 14.3. The topological polar surface area (TPSA) is 149 Å². The summed E-state index contributed by atoms with van der Waals surface area (Å²) in [6.07, 6.45) is -3.75. The highest BCUT2D eigenvalue weighted by molar-refractivity contribution is 5.94. The van der Waals surface area contributed by atoms with Gasteiger partial charge in [-0.3, -0.25) is 14.4 Å². The molecule has 12 nitrogen and oxygen atoms in total. The summed E-state index contributed by atoms with van der Waals surface area (Å²) in [5, 5.41) is 2.72. The Morgan fingerprint density at radius 3 is 1.26 bits per heavy atom. The highest BCUT2D eigenvalue weighted by Gasteiger charge is 2.42. The second-order valence-electron chi connectivity index (χ2n) is 15.3. The molecule has 2 aromatic carbocycles. The van der Waals surface area contributed by atoms with Crippen LogP contribution in [-0.2, 0) is 55.8 Å². The summed E-state index contributed by atoms with van der Waals surface area (Å²) in [6, 6.07) is 14.5. The van der Waals surface area contributed by atoms with Crippen LogP contribution in [0.25, 0.3) is 0 Å². The fourth-order valence-corrected chi connectivity index (χ4v) is 6.13. The van der Waals surface area contributed by atoms with Crippen molar-refractivity contribution in [3.8, 4) is 0 Å². The number of rotatable bonds is 9. The lowest BCUT2D eigenvalue weighted by atomic mass is 9.99. The van der Waals surface area contributed by atoms with Gasteiger partial charge in [-0.2, -0.15) is 0 Å². The number of ether oxygens (including phenoxy) is 3. The van der Waals surface area contributed by atoms with E-state index in [9.17, 15) is 28.8 Å². The molecule has 1 aliphatic rings. The van der Waals surface area contributed by atoms with Crippen LogP contribution in [0.4, 0.5) is 0 Å². The van der Waals surface area contributed by atoms with Gasteiger partial charge in [0.15, 0.2) is 18.3 Å². The number of carbonyl (C=O) groups is 6. The summed E-state index contributed by atoms with van der Waals surface area (Å²) >= 11 is 0. The number of esters is 3. The van der Waals surface area contributed by atoms with Crippen molar-refractivity contribution in [2.75, 3.05) is 14.1 Å². The summed E-state index contributed by atoms with van der Waals surface area (Å²) in [7, 11) is 2.87. The second-order valence-corrected chi connectivity index (χ2v) is 15.3. The Kier molecular flexibility index (Phi) is 15.6. The molecule has 0 aliphatic carbocycles. The number of benzene rings is 2. The zero-order chi connectivity index (χ0) is 39.6. The van der Waals surface area contributed by atoms with Crippen LogP contribution in [-0.4, -0.2) is 96.0 Å². The molecule has 0 spiro atoms. The Labute approximate surface area is 313 Å². The van der Waals surface area contributed by atoms with Crippen LogP contribution in [0, 0.1) is 23.7 Å². The highest BCUT2D eigenvalue weighted by Crippen LogP contribution is 2.23. The molecule has 0 radical (unpaired) electrons. The molecule has 0 bridgehead atoms. The molecule has 0 saturated carbocycles. The minimum Gasteiger partial charge on any atom is -0.450 e. The molecule has 1 heterocycles. The van der Waals surface area contributed by atoms with Crippen LogP contribution in [0.3, 0.4) is 0 Å². The second kappa shape index (κ2) is 19.4. The maximum Gasteiger partial charge on any atom is 0.329 e. The molecule has 6 atom stereocenters. The molecule has 1 fully saturated rings. The third-order valence-electron chi connectivity index (χ3n) is 9.32. The van der Waals surface area contributed by atoms with Gasteiger partial charge in [-0.05, 0) is 41.2 Å². The number of cyclic esters (lactones) is 3. The van der Waals surface area contributed by atoms with E-state index in [1.54, 1.807) is 90.1 Å². The minimum absolute atomic E-state index is 0.0415. The number of likely N-dealkylation sites (N-methyl/N-ethyl adjacent to an activating group) is 2. The van der Waals surface area contributed by atoms with Crippen molar-refractivity contribution in [2.45, 2.75) is 111 Å². The third-order valence-corrected chi connectivity index (χ3v) is 9.32. The normalized spacial score (nSPS) is 24.6. The van der Waals surface area contributed by atoms with Crippen LogP contribution < -0.4 is 5.32 Å². The van der Waals surface area contributed by atoms with Crippen molar-refractivity contribution >= 4 is 35.6 Å². The minimum atomic E-state index is -1.35. The molecule has 1 N–H and O–H groups in total. The number of amides is 3. The largest absolute Gasteiger partial charge is 0.450 e. The maximum atomic E-state index is 14.3. The Morgan fingerprint density at radius 2 is 0.906 bits per heavy atom. The summed E-state index contributed by atoms with van der Waals surface area (Å²) in [4.78, 5) is 86.9. The molecule has 12 heteroatoms. The molecule has 3 rings (SSSR count). The molecule has 6 unspecified atom stereocenters. The van der Waals surface area contributed by atoms with E-state index in [-0.39, 0.29) is 25.2 Å². The number of carbonyl (C=O) groups excluding carboxylic acids is 6. The lowest BCUT2D eigenvalue weighted by Crippen LogP contribution is -2.56. The molecule has 1 aliphatic heterocycles. The van der Waals surface area contributed by atoms with Gasteiger partial charge in [0.05, 0.1) is 0 Å². The number of nitrogens with one attached hydrogen (secondary N) is 1. The van der Waals surface area contributed by atoms with Gasteiger partial charge < -0.3 is 29.3 Å². The number of hydrogen-bond donors (Lipinski definition) is 1. The predicted octanol–water partition coefficient (Wildman–Crippen LogP) is 4.37. The van der Waals surface area contributed by atoms with Crippen molar-refractivity contribution in [3.63, 3.8) is 0 Å². The summed E-state index contributed by atoms with van der Waals surface area (Å²) in [6.45, 7) is 14.0. The first-order valence-corrected chi connectivity index (χ1v) is 18.5. The molecule has 53 heavy (non-hydrogen) atoms. The molecule has 0 aromatic heterocycles. The van der Waals surface area contributed by atoms with E-state index in [0.29, 0.717) is 0 Å². The fourth-order valence-electron chi connectivity index (χ4n) is 6.13. The number of nitrogens with zero attached hydrogens (tertiary/aromatic N) is 2. The van der Waals surface area contributed by atoms with E-state index in [1.807, 2.05) is 26.0 Å². The summed E-state index contributed by atoms with van der Waals surface area (Å²) < 4.78 is 17.7. The van der Waals surface area contributed by atoms with Gasteiger partial charge in [0, 0.05) is 26.9 Å². The van der Waals surface area contributed by atoms with Crippen LogP contribution in [0.1, 0.15) is 72.9 Å². The van der Waals surface area contributed by atoms with Gasteiger partial charge >= 0.3 is 17.9 Å². The fraction of sp³-hybridized carbons (Fsp3) is 0.561. The first-order chi connectivity index (χ1) is 24.9. The summed E-state index contributed by atoms with van der Waals surface area (Å²) in [5.41, 5.74) is 1.45. The molecule has 290 valence electrons. The lowest BCUT2D eigenvalue weighted by Gasteiger charge is -2.35. The zero-order valence-corrected chi connectivity index (χ0v) is 32.7. The van der Waals surface area contributed by atoms with Crippen LogP contribution in [0.2, 0.25) is 0 Å². The van der Waals surface area contributed by atoms with Crippen LogP contribution >= 0.6 is 0 Å². The van der Waals surface area contributed by atoms with Gasteiger partial charge in [0.2, 0.25) is 0 Å². The van der Waals surface area contributed by atoms with Gasteiger partial charge in [0.1, 0.15) is 18.1 Å². The Morgan fingerprint density at radius 1 is 0.547 bits per heavy atom. The lowest BCUT2D eigenvalue weighted by molar-refractivity contribution is -0.176. The first kappa shape index (κ1) is 42.7. The van der Waals surface area contributed by atoms with Gasteiger partial charge in [-0.25, -0.2) is 14.4 Å². The average Bonchev–Trinajstić information content (AvgIpc) is 3.11. The first-order valence-electron chi connectivity index (χ1n) is 18.5. The Hall–Kier alpha value is -4.74. The Balaban J connectivity index is 2.20. The highest BCUT2D eigenvalue weighted by atomic mass is 16.6. The van der Waals surface area contributed by atoms with Crippen molar-refractivity contribution in [2.24, 2.45) is 23.7 Å². The zero-order valence-electron chi connectivity index (χ0n) is 32.7. The van der Waals surface area contributed by atoms with E-state index < -0.39 is 89.8 Å². The van der Waals surface area contributed by atoms with Crippen LogP contribution in [0.15, 0.2) is 60.7 Å². The van der Waals surface area contributed by atoms with Gasteiger partial charge in [-0.15, -0.1) is 0 Å². The monoisotopic (exact) mass is 735 g/mol. The van der Waals surface area contributed by atoms with Crippen molar-refractivity contribution in [3.05, 3.63) is 71.8 Å². The van der Waals surface area contributed by atoms with E-state index >= 15 is 0 Å². The SMILES string of the molecule is CC(C)CC1NC(=O)C(C(C)C)OC(=O)C(Cc2ccccc2)N(C)C(=O)C(C(C)C)OC(=O)C(Cc2ccccc2)N(C)C(=O)C(C(C)C)OC1=O. The van der Waals surface area contributed by atoms with E-state index in [1.165, 1.54) is 23.9 Å². The third kappa shape index (κ3) is 11.6. The molecule has 1 saturated heterocycles. The number of hydrogen-bond acceptors (Lipinski definition) is 9. The van der Waals surface area contributed by atoms with E-state index in [2.05, 4.69) is 5.32 Å². The van der Waals surface area contributed by atoms with E-state index in [0.717, 1.165) is 11.1 Å². The molecule has 2 aromatic rings. The van der Waals surface area contributed by atoms with Crippen LogP contribution in [0.5, 0.6) is 0 Å². The van der Waals surface area contributed by atoms with Crippen molar-refractivity contribution < 1.29 is 43.0 Å². The Bertz CT molecular complexity index is 1560. The predicted molar refractivity (Wildman–Crippen MR) is 199 cm³/mol. The molecular weight excluding hydrogens is 678 g/mol. The van der Waals surface area contributed by atoms with Gasteiger partial charge in [-0.1, -0.05) is 116 Å². The smallest absolute Gasteiger partial charge is 0.329 e.